The summed E-state index contributed by atoms with van der Waals surface area (Å²) < 4.78 is 6.80. The molecule has 2 unspecified atom stereocenters. The topological polar surface area (TPSA) is 12.5 Å². The summed E-state index contributed by atoms with van der Waals surface area (Å²) >= 11 is 0. The molecule has 3 aromatic carbocycles. The molecule has 0 aliphatic carbocycles. The molecule has 3 aromatic rings. The van der Waals surface area contributed by atoms with Gasteiger partial charge in [-0.3, -0.25) is 4.90 Å². The molecule has 31 heavy (non-hydrogen) atoms. The van der Waals surface area contributed by atoms with Crippen LogP contribution in [0.3, 0.4) is 0 Å². The minimum atomic E-state index is 0.262. The van der Waals surface area contributed by atoms with Crippen LogP contribution in [-0.4, -0.2) is 30.1 Å². The van der Waals surface area contributed by atoms with Gasteiger partial charge in [0.1, 0.15) is 0 Å². The Kier molecular flexibility index (Phi) is 6.20. The molecular weight excluding hydrogens is 378 g/mol. The van der Waals surface area contributed by atoms with Crippen molar-refractivity contribution in [3.63, 3.8) is 0 Å². The van der Waals surface area contributed by atoms with Crippen LogP contribution in [0.5, 0.6) is 0 Å². The molecule has 3 fully saturated rings. The zero-order chi connectivity index (χ0) is 21.0. The van der Waals surface area contributed by atoms with Crippen molar-refractivity contribution in [3.8, 4) is 0 Å². The lowest BCUT2D eigenvalue weighted by Gasteiger charge is -2.53. The standard InChI is InChI=1S/C29H33NO/c1-2-22-10-9-11-23(20-22)21-31-29-26-16-18-30(19-17-26)28(29)27(24-12-5-3-6-13-24)25-14-7-4-8-15-25/h3-15,20,26-29H,2,16-19,21H2,1H3. The summed E-state index contributed by atoms with van der Waals surface area (Å²) in [5, 5.41) is 0. The molecule has 160 valence electrons. The Hall–Kier alpha value is -2.42. The molecule has 0 N–H and O–H groups in total. The zero-order valence-corrected chi connectivity index (χ0v) is 18.5. The van der Waals surface area contributed by atoms with Crippen molar-refractivity contribution < 1.29 is 4.74 Å². The Morgan fingerprint density at radius 1 is 0.806 bits per heavy atom. The fourth-order valence-corrected chi connectivity index (χ4v) is 5.71. The van der Waals surface area contributed by atoms with Crippen LogP contribution in [0, 0.1) is 5.92 Å². The third-order valence-electron chi connectivity index (χ3n) is 7.30. The maximum absolute atomic E-state index is 6.80. The number of aryl methyl sites for hydroxylation is 1. The summed E-state index contributed by atoms with van der Waals surface area (Å²) in [4.78, 5) is 2.71. The Balaban J connectivity index is 1.47. The van der Waals surface area contributed by atoms with Crippen molar-refractivity contribution >= 4 is 0 Å². The first-order valence-electron chi connectivity index (χ1n) is 11.9. The van der Waals surface area contributed by atoms with E-state index in [9.17, 15) is 0 Å². The van der Waals surface area contributed by atoms with Crippen LogP contribution in [0.4, 0.5) is 0 Å². The van der Waals surface area contributed by atoms with Gasteiger partial charge in [-0.1, -0.05) is 91.9 Å². The van der Waals surface area contributed by atoms with Gasteiger partial charge in [0.2, 0.25) is 0 Å². The van der Waals surface area contributed by atoms with E-state index in [1.54, 1.807) is 0 Å². The molecule has 0 amide bonds. The fourth-order valence-electron chi connectivity index (χ4n) is 5.71. The molecule has 3 saturated heterocycles. The van der Waals surface area contributed by atoms with E-state index in [0.717, 1.165) is 6.42 Å². The van der Waals surface area contributed by atoms with Crippen LogP contribution in [0.2, 0.25) is 0 Å². The number of nitrogens with zero attached hydrogens (tertiary/aromatic N) is 1. The number of fused-ring (bicyclic) bond motifs is 3. The highest BCUT2D eigenvalue weighted by atomic mass is 16.5. The predicted octanol–water partition coefficient (Wildman–Crippen LogP) is 6.06. The number of hydrogen-bond acceptors (Lipinski definition) is 2. The number of rotatable bonds is 7. The fraction of sp³-hybridized carbons (Fsp3) is 0.379. The normalized spacial score (nSPS) is 25.1. The van der Waals surface area contributed by atoms with E-state index in [2.05, 4.69) is 96.8 Å². The predicted molar refractivity (Wildman–Crippen MR) is 127 cm³/mol. The van der Waals surface area contributed by atoms with Crippen LogP contribution < -0.4 is 0 Å². The highest BCUT2D eigenvalue weighted by Crippen LogP contribution is 2.43. The lowest BCUT2D eigenvalue weighted by Crippen LogP contribution is -2.60. The van der Waals surface area contributed by atoms with Crippen LogP contribution in [-0.2, 0) is 17.8 Å². The highest BCUT2D eigenvalue weighted by Gasteiger charge is 2.47. The van der Waals surface area contributed by atoms with E-state index in [-0.39, 0.29) is 6.10 Å². The van der Waals surface area contributed by atoms with Crippen LogP contribution in [0.25, 0.3) is 0 Å². The van der Waals surface area contributed by atoms with Gasteiger partial charge in [-0.2, -0.15) is 0 Å². The smallest absolute Gasteiger partial charge is 0.0773 e. The summed E-state index contributed by atoms with van der Waals surface area (Å²) in [5.74, 6) is 0.983. The monoisotopic (exact) mass is 411 g/mol. The molecule has 0 radical (unpaired) electrons. The van der Waals surface area contributed by atoms with Crippen molar-refractivity contribution in [2.24, 2.45) is 5.92 Å². The Morgan fingerprint density at radius 3 is 2.03 bits per heavy atom. The molecule has 3 aliphatic rings. The zero-order valence-electron chi connectivity index (χ0n) is 18.5. The van der Waals surface area contributed by atoms with Gasteiger partial charge in [-0.05, 0) is 60.5 Å². The molecule has 0 spiro atoms. The SMILES string of the molecule is CCc1cccc(COC2C3CCN(CC3)C2C(c2ccccc2)c2ccccc2)c1. The number of piperidine rings is 3. The molecule has 2 nitrogen and oxygen atoms in total. The summed E-state index contributed by atoms with van der Waals surface area (Å²) in [6, 6.07) is 31.4. The van der Waals surface area contributed by atoms with E-state index < -0.39 is 0 Å². The highest BCUT2D eigenvalue weighted by molar-refractivity contribution is 5.36. The van der Waals surface area contributed by atoms with Gasteiger partial charge in [0, 0.05) is 12.0 Å². The van der Waals surface area contributed by atoms with E-state index in [1.165, 1.54) is 48.2 Å². The Labute approximate surface area is 186 Å². The van der Waals surface area contributed by atoms with Gasteiger partial charge in [-0.15, -0.1) is 0 Å². The van der Waals surface area contributed by atoms with Gasteiger partial charge in [0.15, 0.2) is 0 Å². The van der Waals surface area contributed by atoms with Gasteiger partial charge in [0.05, 0.1) is 12.7 Å². The average Bonchev–Trinajstić information content (AvgIpc) is 2.85. The summed E-state index contributed by atoms with van der Waals surface area (Å²) in [6.07, 6.45) is 3.84. The third-order valence-corrected chi connectivity index (χ3v) is 7.30. The van der Waals surface area contributed by atoms with Crippen LogP contribution in [0.15, 0.2) is 84.9 Å². The molecule has 2 atom stereocenters. The molecule has 0 aromatic heterocycles. The Morgan fingerprint density at radius 2 is 1.42 bits per heavy atom. The molecular formula is C29H33NO. The van der Waals surface area contributed by atoms with E-state index in [4.69, 9.17) is 4.74 Å². The Bertz CT molecular complexity index is 923. The maximum atomic E-state index is 6.80. The minimum Gasteiger partial charge on any atom is -0.372 e. The van der Waals surface area contributed by atoms with Crippen molar-refractivity contribution in [1.82, 2.24) is 4.90 Å². The average molecular weight is 412 g/mol. The first kappa shape index (κ1) is 20.5. The van der Waals surface area contributed by atoms with E-state index in [1.807, 2.05) is 0 Å². The molecule has 0 saturated carbocycles. The van der Waals surface area contributed by atoms with Gasteiger partial charge in [0.25, 0.3) is 0 Å². The van der Waals surface area contributed by atoms with Crippen molar-refractivity contribution in [2.75, 3.05) is 13.1 Å². The molecule has 2 bridgehead atoms. The second-order valence-corrected chi connectivity index (χ2v) is 9.11. The molecule has 3 aliphatic heterocycles. The van der Waals surface area contributed by atoms with E-state index >= 15 is 0 Å². The van der Waals surface area contributed by atoms with Gasteiger partial charge >= 0.3 is 0 Å². The van der Waals surface area contributed by atoms with Crippen LogP contribution in [0.1, 0.15) is 47.9 Å². The molecule has 6 rings (SSSR count). The van der Waals surface area contributed by atoms with Crippen LogP contribution >= 0.6 is 0 Å². The lowest BCUT2D eigenvalue weighted by atomic mass is 9.72. The second-order valence-electron chi connectivity index (χ2n) is 9.11. The first-order valence-corrected chi connectivity index (χ1v) is 11.9. The first-order chi connectivity index (χ1) is 15.3. The summed E-state index contributed by atoms with van der Waals surface area (Å²) in [7, 11) is 0. The molecule has 2 heteroatoms. The number of hydrogen-bond donors (Lipinski definition) is 0. The number of benzene rings is 3. The van der Waals surface area contributed by atoms with Gasteiger partial charge < -0.3 is 4.74 Å². The minimum absolute atomic E-state index is 0.262. The summed E-state index contributed by atoms with van der Waals surface area (Å²) in [6.45, 7) is 5.30. The molecule has 3 heterocycles. The quantitative estimate of drug-likeness (QED) is 0.468. The van der Waals surface area contributed by atoms with Crippen molar-refractivity contribution in [2.45, 2.75) is 50.9 Å². The lowest BCUT2D eigenvalue weighted by molar-refractivity contribution is -0.120. The maximum Gasteiger partial charge on any atom is 0.0773 e. The van der Waals surface area contributed by atoms with Crippen molar-refractivity contribution in [1.29, 1.82) is 0 Å². The second kappa shape index (κ2) is 9.38. The van der Waals surface area contributed by atoms with Crippen molar-refractivity contribution in [3.05, 3.63) is 107 Å². The van der Waals surface area contributed by atoms with Gasteiger partial charge in [-0.25, -0.2) is 0 Å². The van der Waals surface area contributed by atoms with E-state index in [0.29, 0.717) is 24.5 Å². The number of ether oxygens (including phenoxy) is 1. The summed E-state index contributed by atoms with van der Waals surface area (Å²) in [5.41, 5.74) is 5.48. The third kappa shape index (κ3) is 4.33. The largest absolute Gasteiger partial charge is 0.372 e.